The zero-order chi connectivity index (χ0) is 15.6. The number of hydrogen-bond donors (Lipinski definition) is 0. The fraction of sp³-hybridized carbons (Fsp3) is 0.533. The van der Waals surface area contributed by atoms with Gasteiger partial charge in [-0.1, -0.05) is 6.92 Å². The van der Waals surface area contributed by atoms with Gasteiger partial charge in [-0.15, -0.1) is 11.3 Å². The van der Waals surface area contributed by atoms with Gasteiger partial charge in [0.1, 0.15) is 4.21 Å². The van der Waals surface area contributed by atoms with E-state index in [1.165, 1.54) is 11.3 Å². The Labute approximate surface area is 135 Å². The number of nitrogens with zero attached hydrogens (tertiary/aromatic N) is 3. The van der Waals surface area contributed by atoms with Crippen LogP contribution in [0.5, 0.6) is 0 Å². The van der Waals surface area contributed by atoms with Crippen LogP contribution < -0.4 is 0 Å². The quantitative estimate of drug-likeness (QED) is 0.841. The third-order valence-corrected chi connectivity index (χ3v) is 7.78. The van der Waals surface area contributed by atoms with Crippen LogP contribution in [-0.2, 0) is 23.0 Å². The van der Waals surface area contributed by atoms with Gasteiger partial charge in [-0.3, -0.25) is 0 Å². The van der Waals surface area contributed by atoms with Crippen molar-refractivity contribution in [3.05, 3.63) is 35.7 Å². The molecule has 0 bridgehead atoms. The summed E-state index contributed by atoms with van der Waals surface area (Å²) in [6.45, 7) is 4.19. The van der Waals surface area contributed by atoms with Crippen molar-refractivity contribution in [2.45, 2.75) is 36.9 Å². The number of aromatic nitrogens is 2. The number of rotatable bonds is 5. The predicted molar refractivity (Wildman–Crippen MR) is 87.4 cm³/mol. The molecule has 0 N–H and O–H groups in total. The molecule has 0 atom stereocenters. The third kappa shape index (κ3) is 3.26. The van der Waals surface area contributed by atoms with Crippen molar-refractivity contribution in [3.63, 3.8) is 0 Å². The lowest BCUT2D eigenvalue weighted by Gasteiger charge is -2.30. The Hall–Kier alpha value is -1.18. The summed E-state index contributed by atoms with van der Waals surface area (Å²) in [7, 11) is -3.30. The first-order valence-corrected chi connectivity index (χ1v) is 9.90. The fourth-order valence-electron chi connectivity index (χ4n) is 2.84. The summed E-state index contributed by atoms with van der Waals surface area (Å²) in [5.74, 6) is 0.523. The molecule has 2 aromatic rings. The molecule has 0 spiro atoms. The monoisotopic (exact) mass is 339 g/mol. The van der Waals surface area contributed by atoms with Crippen LogP contribution in [0.3, 0.4) is 0 Å². The summed E-state index contributed by atoms with van der Waals surface area (Å²) in [4.78, 5) is 5.17. The molecule has 0 aliphatic carbocycles. The van der Waals surface area contributed by atoms with Crippen molar-refractivity contribution in [2.24, 2.45) is 5.92 Å². The summed E-state index contributed by atoms with van der Waals surface area (Å²) in [6, 6.07) is 3.67. The van der Waals surface area contributed by atoms with Gasteiger partial charge in [-0.05, 0) is 37.3 Å². The average molecular weight is 339 g/mol. The average Bonchev–Trinajstić information content (AvgIpc) is 3.19. The topological polar surface area (TPSA) is 55.2 Å². The second-order valence-electron chi connectivity index (χ2n) is 5.68. The van der Waals surface area contributed by atoms with Crippen LogP contribution in [0.2, 0.25) is 0 Å². The van der Waals surface area contributed by atoms with Gasteiger partial charge in [-0.25, -0.2) is 13.4 Å². The Morgan fingerprint density at radius 2 is 2.09 bits per heavy atom. The Kier molecular flexibility index (Phi) is 4.65. The molecule has 1 aliphatic heterocycles. The van der Waals surface area contributed by atoms with Crippen LogP contribution in [-0.4, -0.2) is 35.4 Å². The second kappa shape index (κ2) is 6.52. The van der Waals surface area contributed by atoms with Gasteiger partial charge in [0, 0.05) is 36.9 Å². The minimum Gasteiger partial charge on any atom is -0.337 e. The molecule has 1 aliphatic rings. The van der Waals surface area contributed by atoms with Crippen LogP contribution in [0.15, 0.2) is 35.1 Å². The zero-order valence-electron chi connectivity index (χ0n) is 12.7. The Morgan fingerprint density at radius 1 is 1.32 bits per heavy atom. The SMILES string of the molecule is CCc1ccc(S(=O)(=O)N2CCC(Cn3ccnc3)CC2)s1. The van der Waals surface area contributed by atoms with Crippen molar-refractivity contribution in [1.29, 1.82) is 0 Å². The molecule has 2 aromatic heterocycles. The molecule has 0 saturated carbocycles. The second-order valence-corrected chi connectivity index (χ2v) is 9.01. The Morgan fingerprint density at radius 3 is 2.68 bits per heavy atom. The van der Waals surface area contributed by atoms with Gasteiger partial charge in [-0.2, -0.15) is 4.31 Å². The highest BCUT2D eigenvalue weighted by atomic mass is 32.2. The molecule has 3 heterocycles. The van der Waals surface area contributed by atoms with Crippen LogP contribution in [0, 0.1) is 5.92 Å². The van der Waals surface area contributed by atoms with Crippen LogP contribution in [0.25, 0.3) is 0 Å². The molecule has 1 saturated heterocycles. The summed E-state index contributed by atoms with van der Waals surface area (Å²) in [5.41, 5.74) is 0. The van der Waals surface area contributed by atoms with E-state index in [1.807, 2.05) is 25.5 Å². The lowest BCUT2D eigenvalue weighted by Crippen LogP contribution is -2.38. The fourth-order valence-corrected chi connectivity index (χ4v) is 5.76. The maximum Gasteiger partial charge on any atom is 0.252 e. The lowest BCUT2D eigenvalue weighted by molar-refractivity contribution is 0.253. The van der Waals surface area contributed by atoms with E-state index < -0.39 is 10.0 Å². The predicted octanol–water partition coefficient (Wildman–Crippen LogP) is 2.61. The number of piperidine rings is 1. The van der Waals surface area contributed by atoms with E-state index in [9.17, 15) is 8.42 Å². The Balaban J connectivity index is 1.62. The number of aryl methyl sites for hydroxylation is 1. The van der Waals surface area contributed by atoms with E-state index in [4.69, 9.17) is 0 Å². The van der Waals surface area contributed by atoms with Crippen LogP contribution in [0.1, 0.15) is 24.6 Å². The van der Waals surface area contributed by atoms with Gasteiger partial charge in [0.15, 0.2) is 0 Å². The van der Waals surface area contributed by atoms with E-state index >= 15 is 0 Å². The molecule has 7 heteroatoms. The van der Waals surface area contributed by atoms with Gasteiger partial charge < -0.3 is 4.57 Å². The maximum atomic E-state index is 12.7. The van der Waals surface area contributed by atoms with E-state index in [0.717, 1.165) is 30.7 Å². The molecule has 22 heavy (non-hydrogen) atoms. The highest BCUT2D eigenvalue weighted by molar-refractivity contribution is 7.91. The Bertz CT molecular complexity index is 699. The highest BCUT2D eigenvalue weighted by Gasteiger charge is 2.30. The smallest absolute Gasteiger partial charge is 0.252 e. The summed E-state index contributed by atoms with van der Waals surface area (Å²) in [6.07, 6.45) is 8.25. The van der Waals surface area contributed by atoms with Crippen molar-refractivity contribution in [2.75, 3.05) is 13.1 Å². The summed E-state index contributed by atoms with van der Waals surface area (Å²) >= 11 is 1.40. The molecule has 0 radical (unpaired) electrons. The molecule has 5 nitrogen and oxygen atoms in total. The molecule has 1 fully saturated rings. The molecule has 3 rings (SSSR count). The van der Waals surface area contributed by atoms with Crippen molar-refractivity contribution >= 4 is 21.4 Å². The first kappa shape index (κ1) is 15.7. The molecule has 0 unspecified atom stereocenters. The van der Waals surface area contributed by atoms with E-state index in [1.54, 1.807) is 16.6 Å². The normalized spacial score (nSPS) is 17.9. The van der Waals surface area contributed by atoms with E-state index in [2.05, 4.69) is 9.55 Å². The maximum absolute atomic E-state index is 12.7. The number of thiophene rings is 1. The molecule has 120 valence electrons. The van der Waals surface area contributed by atoms with Gasteiger partial charge in [0.25, 0.3) is 10.0 Å². The van der Waals surface area contributed by atoms with Crippen LogP contribution >= 0.6 is 11.3 Å². The highest BCUT2D eigenvalue weighted by Crippen LogP contribution is 2.29. The van der Waals surface area contributed by atoms with E-state index in [-0.39, 0.29) is 0 Å². The minimum atomic E-state index is -3.30. The van der Waals surface area contributed by atoms with Crippen LogP contribution in [0.4, 0.5) is 0 Å². The van der Waals surface area contributed by atoms with Gasteiger partial charge in [0.2, 0.25) is 0 Å². The number of sulfonamides is 1. The number of hydrogen-bond acceptors (Lipinski definition) is 4. The van der Waals surface area contributed by atoms with Gasteiger partial charge in [0.05, 0.1) is 6.33 Å². The minimum absolute atomic E-state index is 0.484. The summed E-state index contributed by atoms with van der Waals surface area (Å²) in [5, 5.41) is 0. The van der Waals surface area contributed by atoms with E-state index in [0.29, 0.717) is 23.2 Å². The third-order valence-electron chi connectivity index (χ3n) is 4.18. The summed E-state index contributed by atoms with van der Waals surface area (Å²) < 4.78 is 29.5. The molecule has 0 aromatic carbocycles. The van der Waals surface area contributed by atoms with Gasteiger partial charge >= 0.3 is 0 Å². The largest absolute Gasteiger partial charge is 0.337 e. The first-order chi connectivity index (χ1) is 10.6. The molecule has 0 amide bonds. The van der Waals surface area contributed by atoms with Crippen molar-refractivity contribution < 1.29 is 8.42 Å². The number of imidazole rings is 1. The van der Waals surface area contributed by atoms with Crippen molar-refractivity contribution in [3.8, 4) is 0 Å². The lowest BCUT2D eigenvalue weighted by atomic mass is 9.98. The standard InChI is InChI=1S/C15H21N3O2S2/c1-2-14-3-4-15(21-14)22(19,20)18-8-5-13(6-9-18)11-17-10-7-16-12-17/h3-4,7,10,12-13H,2,5-6,8-9,11H2,1H3. The zero-order valence-corrected chi connectivity index (χ0v) is 14.3. The molecular weight excluding hydrogens is 318 g/mol. The molecular formula is C15H21N3O2S2. The first-order valence-electron chi connectivity index (χ1n) is 7.64. The van der Waals surface area contributed by atoms with Crippen molar-refractivity contribution in [1.82, 2.24) is 13.9 Å².